The first-order valence-corrected chi connectivity index (χ1v) is 8.12. The van der Waals surface area contributed by atoms with Crippen LogP contribution in [0, 0.1) is 18.6 Å². The molecule has 1 aromatic heterocycles. The number of anilines is 4. The van der Waals surface area contributed by atoms with Gasteiger partial charge in [0, 0.05) is 17.8 Å². The Bertz CT molecular complexity index is 918. The molecule has 0 bridgehead atoms. The number of halogens is 2. The van der Waals surface area contributed by atoms with Gasteiger partial charge in [-0.2, -0.15) is 4.98 Å². The predicted molar refractivity (Wildman–Crippen MR) is 97.3 cm³/mol. The van der Waals surface area contributed by atoms with E-state index in [4.69, 9.17) is 4.74 Å². The van der Waals surface area contributed by atoms with Crippen LogP contribution in [0.3, 0.4) is 0 Å². The Morgan fingerprint density at radius 1 is 0.962 bits per heavy atom. The molecule has 0 aliphatic carbocycles. The Morgan fingerprint density at radius 3 is 2.54 bits per heavy atom. The number of aromatic nitrogens is 2. The maximum atomic E-state index is 13.8. The molecule has 0 aliphatic heterocycles. The maximum absolute atomic E-state index is 13.8. The summed E-state index contributed by atoms with van der Waals surface area (Å²) < 4.78 is 32.5. The van der Waals surface area contributed by atoms with Crippen LogP contribution >= 0.6 is 0 Å². The largest absolute Gasteiger partial charge is 0.492 e. The molecule has 0 radical (unpaired) electrons. The minimum atomic E-state index is -0.697. The van der Waals surface area contributed by atoms with E-state index in [0.29, 0.717) is 29.8 Å². The van der Waals surface area contributed by atoms with Crippen molar-refractivity contribution in [2.24, 2.45) is 0 Å². The predicted octanol–water partition coefficient (Wildman–Crippen LogP) is 4.95. The highest BCUT2D eigenvalue weighted by atomic mass is 19.1. The number of hydrogen-bond donors (Lipinski definition) is 2. The zero-order valence-electron chi connectivity index (χ0n) is 14.4. The fraction of sp³-hybridized carbons (Fsp3) is 0.158. The summed E-state index contributed by atoms with van der Waals surface area (Å²) in [6, 6.07) is 12.4. The maximum Gasteiger partial charge on any atom is 0.229 e. The van der Waals surface area contributed by atoms with Gasteiger partial charge in [0.1, 0.15) is 23.2 Å². The minimum absolute atomic E-state index is 0.130. The summed E-state index contributed by atoms with van der Waals surface area (Å²) in [5.74, 6) is 0.0695. The number of hydrogen-bond acceptors (Lipinski definition) is 5. The molecular weight excluding hydrogens is 338 g/mol. The first-order valence-electron chi connectivity index (χ1n) is 8.12. The molecule has 1 heterocycles. The summed E-state index contributed by atoms with van der Waals surface area (Å²) in [7, 11) is 0. The SMILES string of the molecule is CCOc1ccccc1Nc1nc(C)cc(Nc2ccc(F)cc2F)n1. The van der Waals surface area contributed by atoms with E-state index >= 15 is 0 Å². The van der Waals surface area contributed by atoms with Crippen LogP contribution in [0.15, 0.2) is 48.5 Å². The molecule has 26 heavy (non-hydrogen) atoms. The Balaban J connectivity index is 1.86. The first kappa shape index (κ1) is 17.6. The standard InChI is InChI=1S/C19H18F2N4O/c1-3-26-17-7-5-4-6-16(17)24-19-22-12(2)10-18(25-19)23-15-9-8-13(20)11-14(15)21/h4-11H,3H2,1-2H3,(H2,22,23,24,25). The van der Waals surface area contributed by atoms with Crippen molar-refractivity contribution in [3.63, 3.8) is 0 Å². The van der Waals surface area contributed by atoms with Crippen LogP contribution in [0.25, 0.3) is 0 Å². The molecular formula is C19H18F2N4O. The van der Waals surface area contributed by atoms with Crippen LogP contribution in [0.4, 0.5) is 31.9 Å². The average Bonchev–Trinajstić information content (AvgIpc) is 2.59. The molecule has 134 valence electrons. The third-order valence-electron chi connectivity index (χ3n) is 3.48. The van der Waals surface area contributed by atoms with Gasteiger partial charge < -0.3 is 15.4 Å². The smallest absolute Gasteiger partial charge is 0.229 e. The van der Waals surface area contributed by atoms with Crippen LogP contribution in [-0.4, -0.2) is 16.6 Å². The summed E-state index contributed by atoms with van der Waals surface area (Å²) in [5, 5.41) is 5.95. The number of rotatable bonds is 6. The number of ether oxygens (including phenoxy) is 1. The van der Waals surface area contributed by atoms with Crippen molar-refractivity contribution < 1.29 is 13.5 Å². The minimum Gasteiger partial charge on any atom is -0.492 e. The lowest BCUT2D eigenvalue weighted by molar-refractivity contribution is 0.342. The van der Waals surface area contributed by atoms with E-state index in [1.165, 1.54) is 12.1 Å². The summed E-state index contributed by atoms with van der Waals surface area (Å²) >= 11 is 0. The number of benzene rings is 2. The molecule has 0 saturated heterocycles. The molecule has 5 nitrogen and oxygen atoms in total. The number of nitrogens with zero attached hydrogens (tertiary/aromatic N) is 2. The molecule has 0 unspecified atom stereocenters. The van der Waals surface area contributed by atoms with Gasteiger partial charge in [-0.25, -0.2) is 13.8 Å². The van der Waals surface area contributed by atoms with Crippen molar-refractivity contribution in [1.82, 2.24) is 9.97 Å². The molecule has 0 fully saturated rings. The van der Waals surface area contributed by atoms with Crippen LogP contribution in [0.2, 0.25) is 0 Å². The zero-order valence-corrected chi connectivity index (χ0v) is 14.4. The molecule has 0 aliphatic rings. The highest BCUT2D eigenvalue weighted by Gasteiger charge is 2.09. The van der Waals surface area contributed by atoms with Crippen LogP contribution in [-0.2, 0) is 0 Å². The molecule has 7 heteroatoms. The van der Waals surface area contributed by atoms with E-state index in [2.05, 4.69) is 20.6 Å². The monoisotopic (exact) mass is 356 g/mol. The van der Waals surface area contributed by atoms with Gasteiger partial charge in [0.25, 0.3) is 0 Å². The fourth-order valence-corrected chi connectivity index (χ4v) is 2.39. The second kappa shape index (κ2) is 7.77. The Hall–Kier alpha value is -3.22. The Morgan fingerprint density at radius 2 is 1.77 bits per heavy atom. The Kier molecular flexibility index (Phi) is 5.26. The lowest BCUT2D eigenvalue weighted by Crippen LogP contribution is -2.04. The summed E-state index contributed by atoms with van der Waals surface area (Å²) in [6.45, 7) is 4.23. The van der Waals surface area contributed by atoms with E-state index in [1.807, 2.05) is 31.2 Å². The van der Waals surface area contributed by atoms with Crippen molar-refractivity contribution in [2.75, 3.05) is 17.2 Å². The first-order chi connectivity index (χ1) is 12.5. The zero-order chi connectivity index (χ0) is 18.5. The normalized spacial score (nSPS) is 10.5. The molecule has 0 saturated carbocycles. The molecule has 0 atom stereocenters. The highest BCUT2D eigenvalue weighted by molar-refractivity contribution is 5.64. The van der Waals surface area contributed by atoms with Crippen LogP contribution in [0.5, 0.6) is 5.75 Å². The molecule has 0 spiro atoms. The summed E-state index contributed by atoms with van der Waals surface area (Å²) in [6.07, 6.45) is 0. The van der Waals surface area contributed by atoms with Crippen molar-refractivity contribution in [2.45, 2.75) is 13.8 Å². The summed E-state index contributed by atoms with van der Waals surface area (Å²) in [4.78, 5) is 8.68. The van der Waals surface area contributed by atoms with Crippen LogP contribution in [0.1, 0.15) is 12.6 Å². The number of para-hydroxylation sites is 2. The Labute approximate surface area is 150 Å². The molecule has 3 rings (SSSR count). The quantitative estimate of drug-likeness (QED) is 0.654. The van der Waals surface area contributed by atoms with Gasteiger partial charge in [0.05, 0.1) is 18.0 Å². The van der Waals surface area contributed by atoms with Gasteiger partial charge in [-0.1, -0.05) is 12.1 Å². The van der Waals surface area contributed by atoms with E-state index in [-0.39, 0.29) is 5.69 Å². The van der Waals surface area contributed by atoms with Gasteiger partial charge in [0.15, 0.2) is 0 Å². The fourth-order valence-electron chi connectivity index (χ4n) is 2.39. The molecule has 2 N–H and O–H groups in total. The van der Waals surface area contributed by atoms with Gasteiger partial charge in [-0.3, -0.25) is 0 Å². The number of nitrogens with one attached hydrogen (secondary N) is 2. The summed E-state index contributed by atoms with van der Waals surface area (Å²) in [5.41, 5.74) is 1.53. The van der Waals surface area contributed by atoms with Gasteiger partial charge in [-0.05, 0) is 38.1 Å². The van der Waals surface area contributed by atoms with Crippen molar-refractivity contribution in [3.8, 4) is 5.75 Å². The third kappa shape index (κ3) is 4.24. The lowest BCUT2D eigenvalue weighted by Gasteiger charge is -2.13. The van der Waals surface area contributed by atoms with E-state index in [9.17, 15) is 8.78 Å². The topological polar surface area (TPSA) is 59.1 Å². The van der Waals surface area contributed by atoms with Crippen molar-refractivity contribution in [3.05, 3.63) is 65.9 Å². The van der Waals surface area contributed by atoms with Crippen LogP contribution < -0.4 is 15.4 Å². The van der Waals surface area contributed by atoms with Crippen molar-refractivity contribution in [1.29, 1.82) is 0 Å². The van der Waals surface area contributed by atoms with E-state index in [1.54, 1.807) is 13.0 Å². The van der Waals surface area contributed by atoms with E-state index < -0.39 is 11.6 Å². The number of aryl methyl sites for hydroxylation is 1. The molecule has 0 amide bonds. The van der Waals surface area contributed by atoms with Gasteiger partial charge in [0.2, 0.25) is 5.95 Å². The molecule has 3 aromatic rings. The second-order valence-corrected chi connectivity index (χ2v) is 5.52. The van der Waals surface area contributed by atoms with Gasteiger partial charge >= 0.3 is 0 Å². The third-order valence-corrected chi connectivity index (χ3v) is 3.48. The highest BCUT2D eigenvalue weighted by Crippen LogP contribution is 2.27. The molecule has 2 aromatic carbocycles. The second-order valence-electron chi connectivity index (χ2n) is 5.52. The lowest BCUT2D eigenvalue weighted by atomic mass is 10.3. The van der Waals surface area contributed by atoms with Gasteiger partial charge in [-0.15, -0.1) is 0 Å². The van der Waals surface area contributed by atoms with Crippen molar-refractivity contribution >= 4 is 23.1 Å². The average molecular weight is 356 g/mol. The van der Waals surface area contributed by atoms with E-state index in [0.717, 1.165) is 11.8 Å².